The van der Waals surface area contributed by atoms with E-state index >= 15 is 0 Å². The summed E-state index contributed by atoms with van der Waals surface area (Å²) in [6.45, 7) is 0. The molecule has 0 saturated heterocycles. The third-order valence-electron chi connectivity index (χ3n) is 3.27. The van der Waals surface area contributed by atoms with Gasteiger partial charge in [0.05, 0.1) is 22.4 Å². The average Bonchev–Trinajstić information content (AvgIpc) is 2.66. The molecule has 0 aromatic heterocycles. The van der Waals surface area contributed by atoms with Crippen molar-refractivity contribution in [3.8, 4) is 0 Å². The van der Waals surface area contributed by atoms with Crippen LogP contribution in [0.25, 0.3) is 0 Å². The number of sulfone groups is 1. The lowest BCUT2D eigenvalue weighted by Gasteiger charge is -2.15. The largest absolute Gasteiger partial charge is 0.375 e. The molecular weight excluding hydrogens is 301 g/mol. The summed E-state index contributed by atoms with van der Waals surface area (Å²) in [4.78, 5) is 0.305. The molecule has 6 heteroatoms. The first-order valence-corrected chi connectivity index (χ1v) is 8.04. The molecule has 1 N–H and O–H groups in total. The maximum absolute atomic E-state index is 13.7. The van der Waals surface area contributed by atoms with Crippen molar-refractivity contribution in [3.63, 3.8) is 0 Å². The van der Waals surface area contributed by atoms with Gasteiger partial charge in [-0.1, -0.05) is 29.8 Å². The highest BCUT2D eigenvalue weighted by Crippen LogP contribution is 2.36. The maximum atomic E-state index is 13.7. The molecule has 0 aliphatic carbocycles. The summed E-state index contributed by atoms with van der Waals surface area (Å²) >= 11 is 5.83. The van der Waals surface area contributed by atoms with Crippen molar-refractivity contribution in [2.45, 2.75) is 10.9 Å². The standard InChI is InChI=1S/C14H11ClFNO2S/c15-9-5-6-11(16)12(7-9)17-13-8-20(18,19)14-4-2-1-3-10(13)14/h1-7,13,17H,8H2. The van der Waals surface area contributed by atoms with Crippen molar-refractivity contribution in [3.05, 3.63) is 58.9 Å². The maximum Gasteiger partial charge on any atom is 0.181 e. The fourth-order valence-corrected chi connectivity index (χ4v) is 4.27. The Bertz CT molecular complexity index is 776. The van der Waals surface area contributed by atoms with Gasteiger partial charge >= 0.3 is 0 Å². The Labute approximate surface area is 121 Å². The highest BCUT2D eigenvalue weighted by Gasteiger charge is 2.34. The van der Waals surface area contributed by atoms with E-state index in [-0.39, 0.29) is 11.4 Å². The zero-order valence-electron chi connectivity index (χ0n) is 10.3. The van der Waals surface area contributed by atoms with Crippen molar-refractivity contribution < 1.29 is 12.8 Å². The van der Waals surface area contributed by atoms with E-state index in [1.54, 1.807) is 24.3 Å². The average molecular weight is 312 g/mol. The summed E-state index contributed by atoms with van der Waals surface area (Å²) < 4.78 is 37.8. The summed E-state index contributed by atoms with van der Waals surface area (Å²) in [5, 5.41) is 3.31. The summed E-state index contributed by atoms with van der Waals surface area (Å²) in [5.74, 6) is -0.547. The van der Waals surface area contributed by atoms with E-state index in [1.165, 1.54) is 18.2 Å². The monoisotopic (exact) mass is 311 g/mol. The number of hydrogen-bond donors (Lipinski definition) is 1. The lowest BCUT2D eigenvalue weighted by molar-refractivity contribution is 0.598. The van der Waals surface area contributed by atoms with Gasteiger partial charge in [0, 0.05) is 5.02 Å². The first-order chi connectivity index (χ1) is 9.47. The first-order valence-electron chi connectivity index (χ1n) is 6.01. The molecule has 1 aliphatic heterocycles. The summed E-state index contributed by atoms with van der Waals surface area (Å²) in [5.41, 5.74) is 0.862. The van der Waals surface area contributed by atoms with Gasteiger partial charge in [0.1, 0.15) is 5.82 Å². The van der Waals surface area contributed by atoms with E-state index in [0.717, 1.165) is 0 Å². The molecule has 2 aromatic rings. The molecule has 20 heavy (non-hydrogen) atoms. The summed E-state index contributed by atoms with van der Waals surface area (Å²) in [6.07, 6.45) is 0. The number of fused-ring (bicyclic) bond motifs is 1. The van der Waals surface area contributed by atoms with Gasteiger partial charge in [0.25, 0.3) is 0 Å². The van der Waals surface area contributed by atoms with E-state index < -0.39 is 21.7 Å². The molecule has 104 valence electrons. The topological polar surface area (TPSA) is 46.2 Å². The third-order valence-corrected chi connectivity index (χ3v) is 5.32. The highest BCUT2D eigenvalue weighted by atomic mass is 35.5. The van der Waals surface area contributed by atoms with Gasteiger partial charge in [0.2, 0.25) is 0 Å². The molecule has 0 bridgehead atoms. The number of hydrogen-bond acceptors (Lipinski definition) is 3. The number of nitrogens with one attached hydrogen (secondary N) is 1. The molecular formula is C14H11ClFNO2S. The Morgan fingerprint density at radius 1 is 1.20 bits per heavy atom. The lowest BCUT2D eigenvalue weighted by atomic mass is 10.1. The van der Waals surface area contributed by atoms with Crippen LogP contribution in [0.4, 0.5) is 10.1 Å². The fourth-order valence-electron chi connectivity index (χ4n) is 2.37. The van der Waals surface area contributed by atoms with Crippen molar-refractivity contribution in [1.82, 2.24) is 0 Å². The van der Waals surface area contributed by atoms with Crippen molar-refractivity contribution in [1.29, 1.82) is 0 Å². The van der Waals surface area contributed by atoms with Crippen molar-refractivity contribution in [2.75, 3.05) is 11.1 Å². The number of rotatable bonds is 2. The molecule has 1 heterocycles. The molecule has 0 radical (unpaired) electrons. The Morgan fingerprint density at radius 2 is 1.95 bits per heavy atom. The van der Waals surface area contributed by atoms with E-state index in [4.69, 9.17) is 11.6 Å². The second-order valence-corrected chi connectivity index (χ2v) is 7.08. The van der Waals surface area contributed by atoms with Crippen LogP contribution in [-0.2, 0) is 9.84 Å². The van der Waals surface area contributed by atoms with E-state index in [0.29, 0.717) is 15.5 Å². The highest BCUT2D eigenvalue weighted by molar-refractivity contribution is 7.91. The molecule has 3 nitrogen and oxygen atoms in total. The molecule has 0 amide bonds. The SMILES string of the molecule is O=S1(=O)CC(Nc2cc(Cl)ccc2F)c2ccccc21. The van der Waals surface area contributed by atoms with Crippen LogP contribution in [0.15, 0.2) is 47.4 Å². The molecule has 0 fully saturated rings. The molecule has 3 rings (SSSR count). The quantitative estimate of drug-likeness (QED) is 0.924. The van der Waals surface area contributed by atoms with Gasteiger partial charge in [-0.05, 0) is 29.8 Å². The number of halogens is 2. The van der Waals surface area contributed by atoms with Crippen LogP contribution in [0, 0.1) is 5.82 Å². The normalized spacial score (nSPS) is 19.6. The molecule has 1 aliphatic rings. The van der Waals surface area contributed by atoms with Crippen molar-refractivity contribution >= 4 is 27.1 Å². The van der Waals surface area contributed by atoms with Crippen LogP contribution in [0.1, 0.15) is 11.6 Å². The second kappa shape index (κ2) is 4.75. The zero-order valence-corrected chi connectivity index (χ0v) is 11.9. The van der Waals surface area contributed by atoms with E-state index in [2.05, 4.69) is 5.32 Å². The zero-order chi connectivity index (χ0) is 14.3. The van der Waals surface area contributed by atoms with Crippen LogP contribution >= 0.6 is 11.6 Å². The Kier molecular flexibility index (Phi) is 3.18. The fraction of sp³-hybridized carbons (Fsp3) is 0.143. The van der Waals surface area contributed by atoms with Crippen LogP contribution in [-0.4, -0.2) is 14.2 Å². The molecule has 0 spiro atoms. The third kappa shape index (κ3) is 2.27. The Balaban J connectivity index is 2.00. The molecule has 2 aromatic carbocycles. The van der Waals surface area contributed by atoms with Crippen molar-refractivity contribution in [2.24, 2.45) is 0 Å². The van der Waals surface area contributed by atoms with Crippen LogP contribution in [0.2, 0.25) is 5.02 Å². The number of benzene rings is 2. The van der Waals surface area contributed by atoms with Gasteiger partial charge in [-0.25, -0.2) is 12.8 Å². The van der Waals surface area contributed by atoms with Gasteiger partial charge in [0.15, 0.2) is 9.84 Å². The van der Waals surface area contributed by atoms with Crippen LogP contribution < -0.4 is 5.32 Å². The molecule has 1 atom stereocenters. The minimum atomic E-state index is -3.32. The van der Waals surface area contributed by atoms with Gasteiger partial charge in [-0.15, -0.1) is 0 Å². The Morgan fingerprint density at radius 3 is 2.75 bits per heavy atom. The summed E-state index contributed by atoms with van der Waals surface area (Å²) in [7, 11) is -3.32. The lowest BCUT2D eigenvalue weighted by Crippen LogP contribution is -2.13. The van der Waals surface area contributed by atoms with Crippen LogP contribution in [0.5, 0.6) is 0 Å². The van der Waals surface area contributed by atoms with E-state index in [1.807, 2.05) is 0 Å². The minimum absolute atomic E-state index is 0.0850. The van der Waals surface area contributed by atoms with Gasteiger partial charge in [-0.3, -0.25) is 0 Å². The second-order valence-electron chi connectivity index (χ2n) is 4.64. The predicted octanol–water partition coefficient (Wildman–Crippen LogP) is 3.42. The van der Waals surface area contributed by atoms with Gasteiger partial charge in [-0.2, -0.15) is 0 Å². The van der Waals surface area contributed by atoms with Crippen LogP contribution in [0.3, 0.4) is 0 Å². The summed E-state index contributed by atoms with van der Waals surface area (Å²) in [6, 6.07) is 10.4. The Hall–Kier alpha value is -1.59. The van der Waals surface area contributed by atoms with E-state index in [9.17, 15) is 12.8 Å². The first kappa shape index (κ1) is 13.4. The minimum Gasteiger partial charge on any atom is -0.375 e. The molecule has 0 saturated carbocycles. The van der Waals surface area contributed by atoms with Gasteiger partial charge < -0.3 is 5.32 Å². The smallest absolute Gasteiger partial charge is 0.181 e. The number of anilines is 1. The molecule has 1 unspecified atom stereocenters. The predicted molar refractivity (Wildman–Crippen MR) is 76.3 cm³/mol.